The Balaban J connectivity index is 1.11. The minimum absolute atomic E-state index is 0.262. The van der Waals surface area contributed by atoms with Gasteiger partial charge in [-0.1, -0.05) is 119 Å². The molecular weight excluding hydrogens is 599 g/mol. The average Bonchev–Trinajstić information content (AvgIpc) is 3.37. The van der Waals surface area contributed by atoms with Crippen molar-refractivity contribution in [1.29, 1.82) is 0 Å². The highest BCUT2D eigenvalue weighted by Crippen LogP contribution is 2.67. The zero-order chi connectivity index (χ0) is 32.3. The van der Waals surface area contributed by atoms with E-state index in [0.717, 1.165) is 52.1 Å². The summed E-state index contributed by atoms with van der Waals surface area (Å²) in [5, 5.41) is 1.66. The average molecular weight is 652 g/mol. The number of rotatable bonds is 6. The molecule has 0 unspecified atom stereocenters. The number of allylic oxidation sites excluding steroid dienone is 1. The van der Waals surface area contributed by atoms with Crippen LogP contribution in [0.25, 0.3) is 22.8 Å². The van der Waals surface area contributed by atoms with Gasteiger partial charge in [0.05, 0.1) is 0 Å². The quantitative estimate of drug-likeness (QED) is 0.196. The summed E-state index contributed by atoms with van der Waals surface area (Å²) in [6.45, 7) is 17.2. The lowest BCUT2D eigenvalue weighted by atomic mass is 9.48. The maximum absolute atomic E-state index is 6.98. The zero-order valence-electron chi connectivity index (χ0n) is 29.1. The fraction of sp³-hybridized carbons (Fsp3) is 0.575. The fourth-order valence-electron chi connectivity index (χ4n) is 9.44. The van der Waals surface area contributed by atoms with E-state index in [-0.39, 0.29) is 5.04 Å². The number of benzene rings is 2. The van der Waals surface area contributed by atoms with E-state index in [1.807, 2.05) is 23.9 Å². The predicted octanol–water partition coefficient (Wildman–Crippen LogP) is 11.0. The van der Waals surface area contributed by atoms with Crippen molar-refractivity contribution < 1.29 is 4.43 Å². The normalized spacial score (nSPS) is 32.7. The van der Waals surface area contributed by atoms with Crippen molar-refractivity contribution in [3.63, 3.8) is 0 Å². The monoisotopic (exact) mass is 651 g/mol. The van der Waals surface area contributed by atoms with Crippen molar-refractivity contribution in [2.24, 2.45) is 28.6 Å². The molecule has 4 aliphatic rings. The van der Waals surface area contributed by atoms with Gasteiger partial charge >= 0.3 is 0 Å². The van der Waals surface area contributed by atoms with Gasteiger partial charge in [0, 0.05) is 22.5 Å². The van der Waals surface area contributed by atoms with Gasteiger partial charge in [-0.3, -0.25) is 0 Å². The third kappa shape index (κ3) is 5.75. The molecule has 4 nitrogen and oxygen atoms in total. The molecule has 46 heavy (non-hydrogen) atoms. The summed E-state index contributed by atoms with van der Waals surface area (Å²) >= 11 is 1.93. The summed E-state index contributed by atoms with van der Waals surface area (Å²) < 4.78 is 6.98. The third-order valence-electron chi connectivity index (χ3n) is 13.2. The van der Waals surface area contributed by atoms with Crippen molar-refractivity contribution in [1.82, 2.24) is 15.0 Å². The first kappa shape index (κ1) is 32.3. The molecule has 0 saturated heterocycles. The van der Waals surface area contributed by atoms with Gasteiger partial charge in [0.15, 0.2) is 25.1 Å². The fourth-order valence-corrected chi connectivity index (χ4v) is 12.2. The van der Waals surface area contributed by atoms with Gasteiger partial charge in [-0.15, -0.1) is 0 Å². The first-order chi connectivity index (χ1) is 21.9. The minimum Gasteiger partial charge on any atom is -0.414 e. The molecule has 0 N–H and O–H groups in total. The van der Waals surface area contributed by atoms with Crippen molar-refractivity contribution in [2.45, 2.75) is 121 Å². The molecule has 0 bridgehead atoms. The standard InChI is InChI=1S/C40H53N3OSSi/c1-38(2,3)46(6,7)44-30-22-24-39(4)29(26-30)18-19-31-32-20-21-34(40(32,5)25-23-33(31)39)45-37-42-35(27-14-10-8-11-15-27)41-36(43-37)28-16-12-9-13-17-28/h8-18,30-34H,19-26H2,1-7H3/t30-,31-,32-,33-,34-,39-,40-/m0/s1. The second-order valence-electron chi connectivity index (χ2n) is 16.7. The topological polar surface area (TPSA) is 47.9 Å². The molecule has 244 valence electrons. The number of thioether (sulfide) groups is 1. The summed E-state index contributed by atoms with van der Waals surface area (Å²) in [6.07, 6.45) is 13.2. The molecule has 6 heteroatoms. The second-order valence-corrected chi connectivity index (χ2v) is 22.7. The molecular formula is C40H53N3OSSi. The van der Waals surface area contributed by atoms with Crippen molar-refractivity contribution in [3.8, 4) is 22.8 Å². The molecule has 3 saturated carbocycles. The summed E-state index contributed by atoms with van der Waals surface area (Å²) in [4.78, 5) is 15.1. The van der Waals surface area contributed by atoms with E-state index < -0.39 is 8.32 Å². The molecule has 4 aliphatic carbocycles. The Kier molecular flexibility index (Phi) is 8.42. The number of hydrogen-bond donors (Lipinski definition) is 0. The van der Waals surface area contributed by atoms with Crippen LogP contribution >= 0.6 is 11.8 Å². The number of nitrogens with zero attached hydrogens (tertiary/aromatic N) is 3. The highest BCUT2D eigenvalue weighted by Gasteiger charge is 2.59. The molecule has 0 radical (unpaired) electrons. The molecule has 2 aromatic carbocycles. The van der Waals surface area contributed by atoms with Crippen molar-refractivity contribution in [3.05, 3.63) is 72.3 Å². The molecule has 3 aromatic rings. The highest BCUT2D eigenvalue weighted by atomic mass is 32.2. The van der Waals surface area contributed by atoms with Crippen LogP contribution in [0.4, 0.5) is 0 Å². The van der Waals surface area contributed by atoms with E-state index in [1.165, 1.54) is 44.9 Å². The summed E-state index contributed by atoms with van der Waals surface area (Å²) in [5.41, 5.74) is 4.46. The maximum Gasteiger partial charge on any atom is 0.192 e. The van der Waals surface area contributed by atoms with Crippen LogP contribution < -0.4 is 0 Å². The van der Waals surface area contributed by atoms with Gasteiger partial charge in [-0.05, 0) is 98.1 Å². The van der Waals surface area contributed by atoms with Gasteiger partial charge in [0.2, 0.25) is 0 Å². The van der Waals surface area contributed by atoms with Crippen molar-refractivity contribution >= 4 is 20.1 Å². The largest absolute Gasteiger partial charge is 0.414 e. The van der Waals surface area contributed by atoms with Crippen molar-refractivity contribution in [2.75, 3.05) is 0 Å². The Morgan fingerprint density at radius 3 is 2.02 bits per heavy atom. The number of hydrogen-bond acceptors (Lipinski definition) is 5. The van der Waals surface area contributed by atoms with Gasteiger partial charge in [-0.2, -0.15) is 0 Å². The van der Waals surface area contributed by atoms with Crippen LogP contribution in [-0.4, -0.2) is 34.6 Å². The highest BCUT2D eigenvalue weighted by molar-refractivity contribution is 7.99. The molecule has 7 atom stereocenters. The van der Waals surface area contributed by atoms with Gasteiger partial charge in [0.1, 0.15) is 0 Å². The Hall–Kier alpha value is -2.28. The lowest BCUT2D eigenvalue weighted by Gasteiger charge is -2.58. The lowest BCUT2D eigenvalue weighted by Crippen LogP contribution is -2.52. The summed E-state index contributed by atoms with van der Waals surface area (Å²) in [5.74, 6) is 3.89. The van der Waals surface area contributed by atoms with E-state index in [0.29, 0.717) is 22.2 Å². The van der Waals surface area contributed by atoms with Crippen LogP contribution in [0.5, 0.6) is 0 Å². The van der Waals surface area contributed by atoms with E-state index in [1.54, 1.807) is 5.57 Å². The van der Waals surface area contributed by atoms with Gasteiger partial charge in [-0.25, -0.2) is 15.0 Å². The number of aromatic nitrogens is 3. The Morgan fingerprint density at radius 2 is 1.41 bits per heavy atom. The Labute approximate surface area is 282 Å². The number of fused-ring (bicyclic) bond motifs is 5. The third-order valence-corrected chi connectivity index (χ3v) is 19.2. The lowest BCUT2D eigenvalue weighted by molar-refractivity contribution is -0.0334. The smallest absolute Gasteiger partial charge is 0.192 e. The molecule has 0 spiro atoms. The van der Waals surface area contributed by atoms with Crippen LogP contribution in [0.3, 0.4) is 0 Å². The summed E-state index contributed by atoms with van der Waals surface area (Å²) in [7, 11) is -1.77. The van der Waals surface area contributed by atoms with Gasteiger partial charge < -0.3 is 4.43 Å². The Morgan fingerprint density at radius 1 is 0.783 bits per heavy atom. The van der Waals surface area contributed by atoms with E-state index in [4.69, 9.17) is 19.4 Å². The van der Waals surface area contributed by atoms with Gasteiger partial charge in [0.25, 0.3) is 0 Å². The summed E-state index contributed by atoms with van der Waals surface area (Å²) in [6, 6.07) is 20.8. The predicted molar refractivity (Wildman–Crippen MR) is 194 cm³/mol. The van der Waals surface area contributed by atoms with E-state index in [2.05, 4.69) is 102 Å². The first-order valence-electron chi connectivity index (χ1n) is 17.8. The zero-order valence-corrected chi connectivity index (χ0v) is 30.9. The van der Waals surface area contributed by atoms with Crippen LogP contribution in [-0.2, 0) is 4.43 Å². The minimum atomic E-state index is -1.77. The van der Waals surface area contributed by atoms with Crippen LogP contribution in [0.15, 0.2) is 77.5 Å². The van der Waals surface area contributed by atoms with E-state index in [9.17, 15) is 0 Å². The maximum atomic E-state index is 6.98. The molecule has 0 aliphatic heterocycles. The molecule has 0 amide bonds. The molecule has 1 aromatic heterocycles. The van der Waals surface area contributed by atoms with Crippen LogP contribution in [0.2, 0.25) is 18.1 Å². The SMILES string of the molecule is CC(C)(C)[Si](C)(C)O[C@H]1CC[C@@]2(C)C(=CC[C@H]3[C@@H]4CC[C@H](Sc5nc(-c6ccccc6)nc(-c6ccccc6)n5)[C@@]4(C)CC[C@@H]32)C1. The van der Waals surface area contributed by atoms with Crippen LogP contribution in [0, 0.1) is 28.6 Å². The molecule has 1 heterocycles. The van der Waals surface area contributed by atoms with E-state index >= 15 is 0 Å². The molecule has 7 rings (SSSR count). The van der Waals surface area contributed by atoms with Crippen LogP contribution in [0.1, 0.15) is 86.0 Å². The Bertz CT molecular complexity index is 1530. The first-order valence-corrected chi connectivity index (χ1v) is 21.6. The second kappa shape index (κ2) is 12.0. The molecule has 3 fully saturated rings.